The number of nitrogens with zero attached hydrogens (tertiary/aromatic N) is 2. The number of carbonyl (C=O) groups excluding carboxylic acids is 1. The summed E-state index contributed by atoms with van der Waals surface area (Å²) in [5.74, 6) is 0. The maximum atomic E-state index is 13.2. The second-order valence-corrected chi connectivity index (χ2v) is 9.34. The molecule has 1 aliphatic heterocycles. The molecule has 3 aromatic carbocycles. The van der Waals surface area contributed by atoms with Crippen LogP contribution in [0.4, 0.5) is 23.7 Å². The van der Waals surface area contributed by atoms with Gasteiger partial charge in [0, 0.05) is 16.1 Å². The molecule has 0 radical (unpaired) electrons. The van der Waals surface area contributed by atoms with E-state index < -0.39 is 28.2 Å². The summed E-state index contributed by atoms with van der Waals surface area (Å²) in [6.45, 7) is 2.12. The monoisotopic (exact) mass is 503 g/mol. The number of amides is 2. The fourth-order valence-corrected chi connectivity index (χ4v) is 4.62. The van der Waals surface area contributed by atoms with E-state index in [-0.39, 0.29) is 6.54 Å². The Balaban J connectivity index is 1.70. The Bertz CT molecular complexity index is 1230. The van der Waals surface area contributed by atoms with Gasteiger partial charge in [0.15, 0.2) is 0 Å². The highest BCUT2D eigenvalue weighted by Gasteiger charge is 2.43. The largest absolute Gasteiger partial charge is 0.417 e. The molecule has 0 bridgehead atoms. The summed E-state index contributed by atoms with van der Waals surface area (Å²) in [4.78, 5) is 14.1. The second kappa shape index (κ2) is 9.35. The van der Waals surface area contributed by atoms with E-state index in [4.69, 9.17) is 11.6 Å². The first-order valence-electron chi connectivity index (χ1n) is 10.4. The summed E-state index contributed by atoms with van der Waals surface area (Å²) in [5, 5.41) is 8.26. The molecule has 4 rings (SSSR count). The van der Waals surface area contributed by atoms with Gasteiger partial charge in [-0.2, -0.15) is 18.3 Å². The van der Waals surface area contributed by atoms with Crippen molar-refractivity contribution in [1.29, 1.82) is 0 Å². The molecule has 0 aliphatic carbocycles. The number of hydrogen-bond donors (Lipinski definition) is 1. The van der Waals surface area contributed by atoms with E-state index in [0.29, 0.717) is 17.0 Å². The normalized spacial score (nSPS) is 18.1. The van der Waals surface area contributed by atoms with Crippen molar-refractivity contribution in [3.63, 3.8) is 0 Å². The van der Waals surface area contributed by atoms with Crippen LogP contribution < -0.4 is 5.32 Å². The zero-order valence-corrected chi connectivity index (χ0v) is 19.9. The third kappa shape index (κ3) is 4.79. The van der Waals surface area contributed by atoms with Crippen LogP contribution in [0.15, 0.2) is 82.8 Å². The van der Waals surface area contributed by atoms with Crippen LogP contribution in [0.3, 0.4) is 0 Å². The molecule has 1 heterocycles. The highest BCUT2D eigenvalue weighted by Crippen LogP contribution is 2.39. The molecule has 1 unspecified atom stereocenters. The van der Waals surface area contributed by atoms with Crippen LogP contribution in [0.2, 0.25) is 5.02 Å². The molecule has 0 saturated carbocycles. The van der Waals surface area contributed by atoms with Crippen LogP contribution in [-0.4, -0.2) is 29.6 Å². The first kappa shape index (κ1) is 24.2. The minimum absolute atomic E-state index is 0.208. The summed E-state index contributed by atoms with van der Waals surface area (Å²) in [6.07, 6.45) is -2.60. The number of benzene rings is 3. The molecule has 9 heteroatoms. The van der Waals surface area contributed by atoms with Crippen molar-refractivity contribution in [3.8, 4) is 0 Å². The lowest BCUT2D eigenvalue weighted by molar-refractivity contribution is -0.137. The highest BCUT2D eigenvalue weighted by atomic mass is 35.5. The van der Waals surface area contributed by atoms with Gasteiger partial charge in [-0.05, 0) is 55.1 Å². The van der Waals surface area contributed by atoms with Crippen molar-refractivity contribution >= 4 is 40.8 Å². The Morgan fingerprint density at radius 2 is 1.76 bits per heavy atom. The summed E-state index contributed by atoms with van der Waals surface area (Å²) >= 11 is 7.59. The van der Waals surface area contributed by atoms with E-state index in [2.05, 4.69) is 10.4 Å². The first-order valence-corrected chi connectivity index (χ1v) is 12.0. The number of thioether (sulfide) groups is 1. The van der Waals surface area contributed by atoms with Gasteiger partial charge in [-0.1, -0.05) is 48.0 Å². The van der Waals surface area contributed by atoms with Gasteiger partial charge < -0.3 is 5.32 Å². The Hall–Kier alpha value is -2.97. The highest BCUT2D eigenvalue weighted by molar-refractivity contribution is 7.98. The number of nitrogens with one attached hydrogen (secondary N) is 1. The average Bonchev–Trinajstić information content (AvgIpc) is 3.18. The lowest BCUT2D eigenvalue weighted by Gasteiger charge is -2.27. The summed E-state index contributed by atoms with van der Waals surface area (Å²) in [6, 6.07) is 19.9. The molecular weight excluding hydrogens is 483 g/mol. The van der Waals surface area contributed by atoms with Crippen molar-refractivity contribution in [3.05, 3.63) is 94.5 Å². The van der Waals surface area contributed by atoms with Gasteiger partial charge in [-0.15, -0.1) is 11.8 Å². The topological polar surface area (TPSA) is 44.7 Å². The summed E-state index contributed by atoms with van der Waals surface area (Å²) in [5.41, 5.74) is 0.701. The number of halogens is 4. The zero-order chi connectivity index (χ0) is 24.5. The first-order chi connectivity index (χ1) is 16.1. The van der Waals surface area contributed by atoms with Gasteiger partial charge in [0.1, 0.15) is 0 Å². The molecule has 0 fully saturated rings. The summed E-state index contributed by atoms with van der Waals surface area (Å²) in [7, 11) is 0. The van der Waals surface area contributed by atoms with Crippen LogP contribution in [0.25, 0.3) is 0 Å². The van der Waals surface area contributed by atoms with Gasteiger partial charge in [0.25, 0.3) is 0 Å². The SMILES string of the molecule is CSc1ccc(NC(=O)N2CC(C)(c3ccccc3)C(c3ccc(C(F)(F)F)c(Cl)c3)=N2)cc1. The third-order valence-corrected chi connectivity index (χ3v) is 6.80. The lowest BCUT2D eigenvalue weighted by Crippen LogP contribution is -2.38. The van der Waals surface area contributed by atoms with E-state index in [0.717, 1.165) is 16.5 Å². The van der Waals surface area contributed by atoms with Gasteiger partial charge in [-0.3, -0.25) is 0 Å². The Labute approximate surface area is 204 Å². The number of hydrazone groups is 1. The maximum absolute atomic E-state index is 13.2. The average molecular weight is 504 g/mol. The Morgan fingerprint density at radius 1 is 1.09 bits per heavy atom. The number of urea groups is 1. The standard InChI is InChI=1S/C25H21ClF3N3OS/c1-24(17-6-4-3-5-7-17)15-32(23(33)30-18-9-11-19(34-2)12-10-18)31-22(24)16-8-13-20(21(26)14-16)25(27,28)29/h3-14H,15H2,1-2H3,(H,30,33). The quantitative estimate of drug-likeness (QED) is 0.380. The number of hydrogen-bond acceptors (Lipinski definition) is 3. The van der Waals surface area contributed by atoms with Crippen LogP contribution in [0.5, 0.6) is 0 Å². The molecule has 0 aromatic heterocycles. The number of anilines is 1. The Kier molecular flexibility index (Phi) is 6.64. The number of rotatable bonds is 4. The van der Waals surface area contributed by atoms with E-state index in [9.17, 15) is 18.0 Å². The number of alkyl halides is 3. The summed E-state index contributed by atoms with van der Waals surface area (Å²) < 4.78 is 39.7. The van der Waals surface area contributed by atoms with Gasteiger partial charge >= 0.3 is 12.2 Å². The van der Waals surface area contributed by atoms with E-state index >= 15 is 0 Å². The van der Waals surface area contributed by atoms with Gasteiger partial charge in [-0.25, -0.2) is 9.80 Å². The molecule has 1 N–H and O–H groups in total. The molecular formula is C25H21ClF3N3OS. The van der Waals surface area contributed by atoms with Crippen LogP contribution in [0.1, 0.15) is 23.6 Å². The Morgan fingerprint density at radius 3 is 2.35 bits per heavy atom. The number of carbonyl (C=O) groups is 1. The van der Waals surface area contributed by atoms with Crippen molar-refractivity contribution < 1.29 is 18.0 Å². The predicted molar refractivity (Wildman–Crippen MR) is 131 cm³/mol. The lowest BCUT2D eigenvalue weighted by atomic mass is 9.76. The molecule has 3 aromatic rings. The molecule has 1 aliphatic rings. The van der Waals surface area contributed by atoms with Crippen molar-refractivity contribution in [2.75, 3.05) is 18.1 Å². The smallest absolute Gasteiger partial charge is 0.306 e. The van der Waals surface area contributed by atoms with E-state index in [1.165, 1.54) is 17.1 Å². The molecule has 34 heavy (non-hydrogen) atoms. The predicted octanol–water partition coefficient (Wildman–Crippen LogP) is 7.29. The van der Waals surface area contributed by atoms with Crippen molar-refractivity contribution in [2.45, 2.75) is 23.4 Å². The fraction of sp³-hybridized carbons (Fsp3) is 0.200. The molecule has 1 atom stereocenters. The van der Waals surface area contributed by atoms with Crippen molar-refractivity contribution in [2.24, 2.45) is 5.10 Å². The maximum Gasteiger partial charge on any atom is 0.417 e. The minimum atomic E-state index is -4.56. The molecule has 0 saturated heterocycles. The fourth-order valence-electron chi connectivity index (χ4n) is 3.92. The van der Waals surface area contributed by atoms with E-state index in [1.54, 1.807) is 23.9 Å². The van der Waals surface area contributed by atoms with Crippen molar-refractivity contribution in [1.82, 2.24) is 5.01 Å². The third-order valence-electron chi connectivity index (χ3n) is 5.74. The molecule has 176 valence electrons. The van der Waals surface area contributed by atoms with Gasteiger partial charge in [0.05, 0.1) is 28.3 Å². The van der Waals surface area contributed by atoms with E-state index in [1.807, 2.05) is 55.6 Å². The van der Waals surface area contributed by atoms with Crippen LogP contribution in [0, 0.1) is 0 Å². The molecule has 2 amide bonds. The molecule has 4 nitrogen and oxygen atoms in total. The molecule has 0 spiro atoms. The van der Waals surface area contributed by atoms with Crippen LogP contribution >= 0.6 is 23.4 Å². The van der Waals surface area contributed by atoms with Crippen LogP contribution in [-0.2, 0) is 11.6 Å². The minimum Gasteiger partial charge on any atom is -0.306 e. The zero-order valence-electron chi connectivity index (χ0n) is 18.4. The second-order valence-electron chi connectivity index (χ2n) is 8.06. The van der Waals surface area contributed by atoms with Gasteiger partial charge in [0.2, 0.25) is 0 Å².